The fourth-order valence-corrected chi connectivity index (χ4v) is 3.59. The minimum atomic E-state index is -5.42. The summed E-state index contributed by atoms with van der Waals surface area (Å²) in [6.45, 7) is 4.12. The molecule has 3 aromatic carbocycles. The summed E-state index contributed by atoms with van der Waals surface area (Å²) in [4.78, 5) is 17.8. The van der Waals surface area contributed by atoms with E-state index in [9.17, 15) is 4.79 Å². The summed E-state index contributed by atoms with van der Waals surface area (Å²) in [6.07, 6.45) is 0. The number of anilines is 2. The SMILES string of the molecule is CC(C)[N+](C(=O)c1ccccc1)=C(c1ccc(N(C)C)cc1)c1ccc(N(C)C)cc1.[Cl][Sb-]([Cl])([Cl])([Cl])([Cl])[Cl]. The van der Waals surface area contributed by atoms with Crippen molar-refractivity contribution >= 4 is 85.1 Å². The standard InChI is InChI=1S/C27H32N3O.6ClH.Sb/c1-20(2)30(27(31)23-10-8-7-9-11-23)26(21-12-16-24(17-13-21)28(3)4)22-14-18-25(19-15-22)29(5)6;;;;;;;/h7-20H,1-6H3;6*1H;/q+1;;;;;;;+5/p-6. The van der Waals surface area contributed by atoms with Crippen LogP contribution in [0, 0.1) is 0 Å². The van der Waals surface area contributed by atoms with Crippen molar-refractivity contribution in [1.29, 1.82) is 0 Å². The van der Waals surface area contributed by atoms with E-state index in [1.807, 2.05) is 63.1 Å². The number of carbonyl (C=O) groups excluding carboxylic acids is 1. The van der Waals surface area contributed by atoms with Crippen molar-refractivity contribution in [1.82, 2.24) is 0 Å². The zero-order valence-corrected chi connectivity index (χ0v) is 29.1. The topological polar surface area (TPSA) is 26.6 Å². The molecule has 3 rings (SSSR count). The van der Waals surface area contributed by atoms with E-state index in [4.69, 9.17) is 53.0 Å². The molecule has 208 valence electrons. The van der Waals surface area contributed by atoms with Crippen molar-refractivity contribution in [2.75, 3.05) is 38.0 Å². The molecule has 0 saturated heterocycles. The van der Waals surface area contributed by atoms with Crippen LogP contribution in [-0.4, -0.2) is 59.6 Å². The summed E-state index contributed by atoms with van der Waals surface area (Å²) in [6, 6.07) is 26.2. The Bertz CT molecular complexity index is 1210. The zero-order chi connectivity index (χ0) is 29.0. The molecule has 0 fully saturated rings. The van der Waals surface area contributed by atoms with Crippen LogP contribution in [0.4, 0.5) is 11.4 Å². The molecule has 0 aliphatic rings. The fourth-order valence-electron chi connectivity index (χ4n) is 3.59. The van der Waals surface area contributed by atoms with Gasteiger partial charge in [-0.2, -0.15) is 4.58 Å². The number of amides is 1. The van der Waals surface area contributed by atoms with E-state index in [-0.39, 0.29) is 11.9 Å². The van der Waals surface area contributed by atoms with Gasteiger partial charge in [-0.25, -0.2) is 4.79 Å². The Balaban J connectivity index is 0.000000638. The van der Waals surface area contributed by atoms with Crippen LogP contribution in [0.1, 0.15) is 35.3 Å². The van der Waals surface area contributed by atoms with Gasteiger partial charge in [-0.1, -0.05) is 18.2 Å². The molecule has 0 aliphatic carbocycles. The Labute approximate surface area is 245 Å². The molecule has 0 aliphatic heterocycles. The molecule has 38 heavy (non-hydrogen) atoms. The fraction of sp³-hybridized carbons (Fsp3) is 0.259. The van der Waals surface area contributed by atoms with Crippen molar-refractivity contribution < 1.29 is 9.37 Å². The van der Waals surface area contributed by atoms with Gasteiger partial charge < -0.3 is 9.80 Å². The van der Waals surface area contributed by atoms with E-state index in [0.29, 0.717) is 5.56 Å². The van der Waals surface area contributed by atoms with Crippen LogP contribution in [-0.2, 0) is 0 Å². The van der Waals surface area contributed by atoms with Crippen LogP contribution in [0.2, 0.25) is 0 Å². The summed E-state index contributed by atoms with van der Waals surface area (Å²) in [5, 5.41) is 0. The van der Waals surface area contributed by atoms with Gasteiger partial charge in [0.05, 0.1) is 5.56 Å². The first-order valence-corrected chi connectivity index (χ1v) is 31.0. The van der Waals surface area contributed by atoms with E-state index < -0.39 is 9.14 Å². The van der Waals surface area contributed by atoms with E-state index >= 15 is 0 Å². The van der Waals surface area contributed by atoms with E-state index in [2.05, 4.69) is 72.2 Å². The second-order valence-electron chi connectivity index (χ2n) is 9.32. The molecule has 0 heterocycles. The zero-order valence-electron chi connectivity index (χ0n) is 22.0. The molecule has 11 heteroatoms. The quantitative estimate of drug-likeness (QED) is 0.144. The number of nitrogens with zero attached hydrogens (tertiary/aromatic N) is 3. The molecule has 0 N–H and O–H groups in total. The van der Waals surface area contributed by atoms with E-state index in [1.165, 1.54) is 0 Å². The molecular weight excluding hydrogens is 717 g/mol. The number of hydrogen-bond donors (Lipinski definition) is 0. The Hall–Kier alpha value is -0.842. The van der Waals surface area contributed by atoms with Gasteiger partial charge in [0, 0.05) is 50.7 Å². The number of rotatable bonds is 6. The van der Waals surface area contributed by atoms with Gasteiger partial charge in [0.2, 0.25) is 5.71 Å². The summed E-state index contributed by atoms with van der Waals surface area (Å²) >= 11 is 0. The van der Waals surface area contributed by atoms with Gasteiger partial charge in [-0.05, 0) is 74.5 Å². The van der Waals surface area contributed by atoms with Gasteiger partial charge in [-0.15, -0.1) is 0 Å². The molecule has 4 nitrogen and oxygen atoms in total. The van der Waals surface area contributed by atoms with Crippen molar-refractivity contribution in [2.24, 2.45) is 0 Å². The van der Waals surface area contributed by atoms with Crippen LogP contribution in [0.3, 0.4) is 0 Å². The summed E-state index contributed by atoms with van der Waals surface area (Å²) in [5.74, 6) is -0.000952. The van der Waals surface area contributed by atoms with Crippen molar-refractivity contribution in [3.05, 3.63) is 95.6 Å². The third-order valence-corrected chi connectivity index (χ3v) is 5.31. The summed E-state index contributed by atoms with van der Waals surface area (Å²) in [5.41, 5.74) is 5.87. The molecule has 0 saturated carbocycles. The normalized spacial score (nSPS) is 13.0. The van der Waals surface area contributed by atoms with E-state index in [1.54, 1.807) is 0 Å². The average molecular weight is 749 g/mol. The van der Waals surface area contributed by atoms with Gasteiger partial charge in [0.25, 0.3) is 0 Å². The van der Waals surface area contributed by atoms with Crippen LogP contribution >= 0.6 is 53.0 Å². The molecule has 0 atom stereocenters. The molecule has 0 unspecified atom stereocenters. The van der Waals surface area contributed by atoms with Crippen LogP contribution in [0.15, 0.2) is 78.9 Å². The predicted molar refractivity (Wildman–Crippen MR) is 172 cm³/mol. The van der Waals surface area contributed by atoms with Crippen molar-refractivity contribution in [2.45, 2.75) is 19.9 Å². The van der Waals surface area contributed by atoms with Gasteiger partial charge in [0.1, 0.15) is 0 Å². The molecule has 0 radical (unpaired) electrons. The summed E-state index contributed by atoms with van der Waals surface area (Å²) < 4.78 is 1.91. The number of benzene rings is 3. The Kier molecular flexibility index (Phi) is 10.8. The predicted octanol–water partition coefficient (Wildman–Crippen LogP) is 8.67. The van der Waals surface area contributed by atoms with Crippen LogP contribution in [0.5, 0.6) is 0 Å². The number of carbonyl (C=O) groups is 1. The third kappa shape index (κ3) is 11.7. The molecule has 0 bridgehead atoms. The summed E-state index contributed by atoms with van der Waals surface area (Å²) in [7, 11) is 33.1. The molecule has 0 spiro atoms. The first-order chi connectivity index (χ1) is 17.2. The van der Waals surface area contributed by atoms with E-state index in [0.717, 1.165) is 28.2 Å². The third-order valence-electron chi connectivity index (χ3n) is 5.31. The number of hydrogen-bond acceptors (Lipinski definition) is 3. The Morgan fingerprint density at radius 3 is 1.26 bits per heavy atom. The second-order valence-corrected chi connectivity index (χ2v) is 66.2. The Morgan fingerprint density at radius 2 is 0.974 bits per heavy atom. The van der Waals surface area contributed by atoms with Crippen molar-refractivity contribution in [3.8, 4) is 0 Å². The van der Waals surface area contributed by atoms with Crippen molar-refractivity contribution in [3.63, 3.8) is 0 Å². The average Bonchev–Trinajstić information content (AvgIpc) is 2.80. The maximum atomic E-state index is 13.6. The number of halogens is 6. The van der Waals surface area contributed by atoms with Crippen LogP contribution < -0.4 is 9.80 Å². The minimum absolute atomic E-state index is 0.000952. The molecular formula is C27H32Cl6N3OSb. The monoisotopic (exact) mass is 745 g/mol. The van der Waals surface area contributed by atoms with Crippen LogP contribution in [0.25, 0.3) is 0 Å². The molecule has 0 aromatic heterocycles. The molecule has 1 amide bonds. The van der Waals surface area contributed by atoms with Gasteiger partial charge in [-0.3, -0.25) is 0 Å². The first-order valence-electron chi connectivity index (χ1n) is 11.6. The maximum absolute atomic E-state index is 13.6. The Morgan fingerprint density at radius 1 is 0.632 bits per heavy atom. The second kappa shape index (κ2) is 12.4. The first kappa shape index (κ1) is 33.4. The van der Waals surface area contributed by atoms with Gasteiger partial charge >= 0.3 is 68.0 Å². The molecule has 3 aromatic rings. The van der Waals surface area contributed by atoms with Gasteiger partial charge in [0.15, 0.2) is 6.04 Å².